The molecule has 2 heterocycles. The number of halogens is 3. The molecule has 214 valence electrons. The zero-order chi connectivity index (χ0) is 29.2. The number of fused-ring (bicyclic) bond motifs is 1. The lowest BCUT2D eigenvalue weighted by molar-refractivity contribution is -0.274. The molecule has 1 aromatic carbocycles. The Kier molecular flexibility index (Phi) is 8.90. The number of ether oxygens (including phenoxy) is 2. The lowest BCUT2D eigenvalue weighted by Crippen LogP contribution is -2.48. The highest BCUT2D eigenvalue weighted by molar-refractivity contribution is 7.59. The number of carbonyl (C=O) groups is 1. The van der Waals surface area contributed by atoms with Crippen LogP contribution in [0.15, 0.2) is 30.9 Å². The van der Waals surface area contributed by atoms with Gasteiger partial charge in [0.1, 0.15) is 29.5 Å². The molecule has 0 saturated heterocycles. The van der Waals surface area contributed by atoms with Gasteiger partial charge in [-0.05, 0) is 57.9 Å². The summed E-state index contributed by atoms with van der Waals surface area (Å²) in [6, 6.07) is 3.12. The number of anilines is 1. The number of hydrogen-bond acceptors (Lipinski definition) is 8. The van der Waals surface area contributed by atoms with Crippen molar-refractivity contribution in [1.82, 2.24) is 29.7 Å². The summed E-state index contributed by atoms with van der Waals surface area (Å²) < 4.78 is 63.3. The Morgan fingerprint density at radius 2 is 1.92 bits per heavy atom. The maximum atomic E-state index is 14.0. The summed E-state index contributed by atoms with van der Waals surface area (Å²) in [5.41, 5.74) is 6.13. The number of imidazole rings is 1. The molecule has 0 saturated carbocycles. The number of nitrogens with two attached hydrogens (primary N) is 1. The number of aliphatic carboxylic acids is 1. The van der Waals surface area contributed by atoms with E-state index in [1.54, 1.807) is 25.3 Å². The van der Waals surface area contributed by atoms with Crippen LogP contribution in [0, 0.1) is 6.92 Å². The zero-order valence-corrected chi connectivity index (χ0v) is 22.9. The average molecular weight is 574 g/mol. The van der Waals surface area contributed by atoms with E-state index in [0.29, 0.717) is 22.3 Å². The summed E-state index contributed by atoms with van der Waals surface area (Å²) in [7, 11) is -3.77. The average Bonchev–Trinajstić information content (AvgIpc) is 3.20. The maximum Gasteiger partial charge on any atom is 0.573 e. The molecular weight excluding hydrogens is 542 g/mol. The third kappa shape index (κ3) is 7.88. The van der Waals surface area contributed by atoms with Gasteiger partial charge in [0.2, 0.25) is 7.44 Å². The summed E-state index contributed by atoms with van der Waals surface area (Å²) in [4.78, 5) is 24.0. The number of hydrogen-bond donors (Lipinski definition) is 4. The molecule has 3 rings (SSSR count). The minimum atomic E-state index is -4.84. The van der Waals surface area contributed by atoms with Crippen LogP contribution in [0.2, 0.25) is 0 Å². The van der Waals surface area contributed by atoms with E-state index in [1.165, 1.54) is 38.6 Å². The van der Waals surface area contributed by atoms with Gasteiger partial charge in [0.25, 0.3) is 0 Å². The first kappa shape index (κ1) is 30.3. The third-order valence-corrected chi connectivity index (χ3v) is 8.00. The van der Waals surface area contributed by atoms with E-state index in [1.807, 2.05) is 0 Å². The molecule has 0 spiro atoms. The van der Waals surface area contributed by atoms with Crippen molar-refractivity contribution in [3.8, 4) is 5.75 Å². The molecule has 0 bridgehead atoms. The van der Waals surface area contributed by atoms with E-state index in [4.69, 9.17) is 10.5 Å². The zero-order valence-electron chi connectivity index (χ0n) is 22.0. The fourth-order valence-electron chi connectivity index (χ4n) is 3.91. The normalized spacial score (nSPS) is 15.6. The maximum absolute atomic E-state index is 14.0. The number of carboxylic acid groups (broad SMARTS) is 1. The summed E-state index contributed by atoms with van der Waals surface area (Å²) in [5.74, 6) is -1.40. The van der Waals surface area contributed by atoms with Crippen molar-refractivity contribution >= 4 is 30.4 Å². The number of rotatable bonds is 12. The predicted molar refractivity (Wildman–Crippen MR) is 137 cm³/mol. The Morgan fingerprint density at radius 1 is 1.23 bits per heavy atom. The summed E-state index contributed by atoms with van der Waals surface area (Å²) in [5, 5.41) is 15.2. The summed E-state index contributed by atoms with van der Waals surface area (Å²) >= 11 is 0. The van der Waals surface area contributed by atoms with Crippen LogP contribution in [-0.2, 0) is 20.6 Å². The molecule has 0 amide bonds. The van der Waals surface area contributed by atoms with E-state index < -0.39 is 43.8 Å². The van der Waals surface area contributed by atoms with Crippen molar-refractivity contribution in [2.45, 2.75) is 65.2 Å². The molecule has 3 atom stereocenters. The highest BCUT2D eigenvalue weighted by Crippen LogP contribution is 2.43. The van der Waals surface area contributed by atoms with Gasteiger partial charge in [0.15, 0.2) is 11.5 Å². The van der Waals surface area contributed by atoms with Crippen molar-refractivity contribution < 1.29 is 37.1 Å². The lowest BCUT2D eigenvalue weighted by atomic mass is 10.0. The SMILES string of the molecule is Cc1cc(OC(F)(F)F)ccc1[C@@H](C)N[P@@](=O)(CO[C@H](C)Cn1cnc2c(N)ncnc21)NC(C)(C)C(=O)O. The molecule has 3 aromatic rings. The molecule has 39 heavy (non-hydrogen) atoms. The smallest absolute Gasteiger partial charge is 0.480 e. The minimum absolute atomic E-state index is 0.225. The molecule has 16 heteroatoms. The standard InChI is InChI=1S/C23H31F3N7O5P/c1-13-8-16(38-23(24,25)26)6-7-17(13)15(3)31-39(36,32-22(4,5)21(34)35)12-37-14(2)9-33-11-30-18-19(27)28-10-29-20(18)33/h6-8,10-11,14-15H,9,12H2,1-5H3,(H,34,35)(H2,27,28,29)(H2,31,32,36)/t14-,15-,39+/m1/s1. The second kappa shape index (κ2) is 11.5. The van der Waals surface area contributed by atoms with Crippen molar-refractivity contribution in [3.05, 3.63) is 42.0 Å². The van der Waals surface area contributed by atoms with Crippen LogP contribution in [0.5, 0.6) is 5.75 Å². The first-order valence-corrected chi connectivity index (χ1v) is 13.7. The summed E-state index contributed by atoms with van der Waals surface area (Å²) in [6.07, 6.45) is -2.91. The Bertz CT molecular complexity index is 1380. The second-order valence-corrected chi connectivity index (χ2v) is 11.9. The molecule has 0 aliphatic rings. The van der Waals surface area contributed by atoms with Gasteiger partial charge in [0, 0.05) is 6.04 Å². The number of nitrogen functional groups attached to an aromatic ring is 1. The van der Waals surface area contributed by atoms with Gasteiger partial charge in [-0.2, -0.15) is 0 Å². The topological polar surface area (TPSA) is 167 Å². The van der Waals surface area contributed by atoms with Crippen molar-refractivity contribution in [2.24, 2.45) is 0 Å². The number of nitrogens with zero attached hydrogens (tertiary/aromatic N) is 4. The quantitative estimate of drug-likeness (QED) is 0.232. The molecule has 0 aliphatic heterocycles. The van der Waals surface area contributed by atoms with E-state index in [0.717, 1.165) is 6.07 Å². The highest BCUT2D eigenvalue weighted by Gasteiger charge is 2.38. The van der Waals surface area contributed by atoms with Crippen LogP contribution >= 0.6 is 7.44 Å². The van der Waals surface area contributed by atoms with Gasteiger partial charge < -0.3 is 24.9 Å². The number of benzene rings is 1. The Hall–Kier alpha value is -3.26. The molecule has 0 radical (unpaired) electrons. The number of alkyl halides is 3. The Balaban J connectivity index is 1.77. The largest absolute Gasteiger partial charge is 0.573 e. The predicted octanol–water partition coefficient (Wildman–Crippen LogP) is 3.97. The number of aryl methyl sites for hydroxylation is 1. The number of nitrogens with one attached hydrogen (secondary N) is 2. The highest BCUT2D eigenvalue weighted by atomic mass is 31.2. The van der Waals surface area contributed by atoms with Gasteiger partial charge in [-0.1, -0.05) is 6.07 Å². The Labute approximate surface area is 222 Å². The lowest BCUT2D eigenvalue weighted by Gasteiger charge is -2.32. The minimum Gasteiger partial charge on any atom is -0.480 e. The third-order valence-electron chi connectivity index (χ3n) is 5.76. The Morgan fingerprint density at radius 3 is 2.54 bits per heavy atom. The monoisotopic (exact) mass is 573 g/mol. The first-order valence-electron chi connectivity index (χ1n) is 11.8. The number of carboxylic acids is 1. The molecule has 12 nitrogen and oxygen atoms in total. The molecule has 0 unspecified atom stereocenters. The van der Waals surface area contributed by atoms with Crippen LogP contribution in [0.1, 0.15) is 44.9 Å². The molecular formula is C23H31F3N7O5P. The van der Waals surface area contributed by atoms with Crippen molar-refractivity contribution in [2.75, 3.05) is 12.1 Å². The fourth-order valence-corrected chi connectivity index (χ4v) is 6.34. The van der Waals surface area contributed by atoms with Crippen LogP contribution in [-0.4, -0.2) is 54.9 Å². The van der Waals surface area contributed by atoms with Crippen LogP contribution in [0.3, 0.4) is 0 Å². The van der Waals surface area contributed by atoms with Crippen LogP contribution in [0.25, 0.3) is 11.2 Å². The van der Waals surface area contributed by atoms with E-state index in [9.17, 15) is 27.6 Å². The van der Waals surface area contributed by atoms with E-state index >= 15 is 0 Å². The van der Waals surface area contributed by atoms with E-state index in [-0.39, 0.29) is 18.1 Å². The van der Waals surface area contributed by atoms with Gasteiger partial charge in [-0.15, -0.1) is 13.2 Å². The molecule has 0 fully saturated rings. The molecule has 5 N–H and O–H groups in total. The van der Waals surface area contributed by atoms with Gasteiger partial charge in [-0.3, -0.25) is 9.36 Å². The molecule has 0 aliphatic carbocycles. The fraction of sp³-hybridized carbons (Fsp3) is 0.478. The van der Waals surface area contributed by atoms with Crippen molar-refractivity contribution in [3.63, 3.8) is 0 Å². The van der Waals surface area contributed by atoms with Crippen molar-refractivity contribution in [1.29, 1.82) is 0 Å². The molecule has 2 aromatic heterocycles. The van der Waals surface area contributed by atoms with Crippen LogP contribution < -0.4 is 20.6 Å². The number of aromatic nitrogens is 4. The first-order chi connectivity index (χ1) is 18.0. The summed E-state index contributed by atoms with van der Waals surface area (Å²) in [6.45, 7) is 7.95. The van der Waals surface area contributed by atoms with Gasteiger partial charge in [0.05, 0.1) is 19.0 Å². The van der Waals surface area contributed by atoms with Gasteiger partial charge >= 0.3 is 12.3 Å². The van der Waals surface area contributed by atoms with Gasteiger partial charge in [-0.25, -0.2) is 25.1 Å². The van der Waals surface area contributed by atoms with Crippen LogP contribution in [0.4, 0.5) is 19.0 Å². The van der Waals surface area contributed by atoms with E-state index in [2.05, 4.69) is 29.9 Å². The second-order valence-electron chi connectivity index (χ2n) is 9.63.